The molecule has 4 rings (SSSR count). The number of aromatic nitrogens is 5. The molecular formula is C17H20N6O. The van der Waals surface area contributed by atoms with Crippen molar-refractivity contribution in [1.82, 2.24) is 29.6 Å². The smallest absolute Gasteiger partial charge is 0.258 e. The van der Waals surface area contributed by atoms with Gasteiger partial charge in [0.2, 0.25) is 0 Å². The van der Waals surface area contributed by atoms with Gasteiger partial charge in [0, 0.05) is 6.04 Å². The van der Waals surface area contributed by atoms with Gasteiger partial charge in [-0.05, 0) is 38.4 Å². The molecule has 1 fully saturated rings. The minimum atomic E-state index is -0.0746. The van der Waals surface area contributed by atoms with E-state index in [1.807, 2.05) is 22.9 Å². The van der Waals surface area contributed by atoms with E-state index in [2.05, 4.69) is 31.9 Å². The number of rotatable bonds is 4. The van der Waals surface area contributed by atoms with E-state index in [-0.39, 0.29) is 11.6 Å². The number of nitrogens with one attached hydrogen (secondary N) is 1. The monoisotopic (exact) mass is 324 g/mol. The van der Waals surface area contributed by atoms with Crippen LogP contribution in [-0.4, -0.2) is 42.2 Å². The second-order valence-corrected chi connectivity index (χ2v) is 6.30. The van der Waals surface area contributed by atoms with Crippen LogP contribution < -0.4 is 5.56 Å². The van der Waals surface area contributed by atoms with Crippen molar-refractivity contribution < 1.29 is 0 Å². The van der Waals surface area contributed by atoms with Crippen LogP contribution >= 0.6 is 0 Å². The van der Waals surface area contributed by atoms with E-state index in [4.69, 9.17) is 0 Å². The fourth-order valence-corrected chi connectivity index (χ4v) is 3.57. The largest absolute Gasteiger partial charge is 0.309 e. The number of hydrogen-bond donors (Lipinski definition) is 1. The molecule has 2 atom stereocenters. The van der Waals surface area contributed by atoms with Gasteiger partial charge in [0.05, 0.1) is 23.5 Å². The van der Waals surface area contributed by atoms with Crippen LogP contribution in [0.1, 0.15) is 31.6 Å². The fraction of sp³-hybridized carbons (Fsp3) is 0.412. The molecule has 1 N–H and O–H groups in total. The second kappa shape index (κ2) is 6.16. The van der Waals surface area contributed by atoms with Crippen molar-refractivity contribution in [3.8, 4) is 0 Å². The minimum Gasteiger partial charge on any atom is -0.309 e. The second-order valence-electron chi connectivity index (χ2n) is 6.30. The molecule has 124 valence electrons. The van der Waals surface area contributed by atoms with Crippen molar-refractivity contribution in [3.63, 3.8) is 0 Å². The number of nitrogens with zero attached hydrogens (tertiary/aromatic N) is 5. The summed E-state index contributed by atoms with van der Waals surface area (Å²) in [6, 6.07) is 7.89. The highest BCUT2D eigenvalue weighted by Gasteiger charge is 2.31. The highest BCUT2D eigenvalue weighted by Crippen LogP contribution is 2.28. The Hall–Kier alpha value is -2.54. The summed E-state index contributed by atoms with van der Waals surface area (Å²) in [7, 11) is 0. The maximum absolute atomic E-state index is 12.3. The normalized spacial score (nSPS) is 19.8. The van der Waals surface area contributed by atoms with E-state index < -0.39 is 0 Å². The maximum atomic E-state index is 12.3. The van der Waals surface area contributed by atoms with Crippen LogP contribution in [0.25, 0.3) is 10.9 Å². The molecule has 24 heavy (non-hydrogen) atoms. The van der Waals surface area contributed by atoms with E-state index >= 15 is 0 Å². The molecule has 0 radical (unpaired) electrons. The molecule has 1 aromatic carbocycles. The maximum Gasteiger partial charge on any atom is 0.258 e. The lowest BCUT2D eigenvalue weighted by atomic mass is 10.1. The van der Waals surface area contributed by atoms with Gasteiger partial charge in [-0.2, -0.15) is 5.10 Å². The van der Waals surface area contributed by atoms with Gasteiger partial charge in [0.1, 0.15) is 18.5 Å². The standard InChI is InChI=1S/C17H20N6O/c1-12(16-20-15-7-3-2-6-14(15)17(24)21-16)23-8-4-5-13(23)9-22-11-18-10-19-22/h2-3,6-7,10-13H,4-5,8-9H2,1H3,(H,20,21,24)/t12-,13+/m1/s1. The van der Waals surface area contributed by atoms with Crippen LogP contribution in [0.4, 0.5) is 0 Å². The highest BCUT2D eigenvalue weighted by molar-refractivity contribution is 5.77. The van der Waals surface area contributed by atoms with E-state index in [1.54, 1.807) is 18.7 Å². The summed E-state index contributed by atoms with van der Waals surface area (Å²) in [4.78, 5) is 26.4. The lowest BCUT2D eigenvalue weighted by Crippen LogP contribution is -2.36. The number of aromatic amines is 1. The zero-order valence-electron chi connectivity index (χ0n) is 13.6. The molecule has 1 aliphatic heterocycles. The number of fused-ring (bicyclic) bond motifs is 1. The number of H-pyrrole nitrogens is 1. The van der Waals surface area contributed by atoms with Gasteiger partial charge in [-0.3, -0.25) is 14.4 Å². The third-order valence-electron chi connectivity index (χ3n) is 4.81. The van der Waals surface area contributed by atoms with E-state index in [0.717, 1.165) is 37.3 Å². The fourth-order valence-electron chi connectivity index (χ4n) is 3.57. The first-order chi connectivity index (χ1) is 11.7. The average molecular weight is 324 g/mol. The number of hydrogen-bond acceptors (Lipinski definition) is 5. The van der Waals surface area contributed by atoms with Crippen molar-refractivity contribution in [1.29, 1.82) is 0 Å². The summed E-state index contributed by atoms with van der Waals surface area (Å²) in [5.74, 6) is 0.726. The molecule has 1 saturated heterocycles. The quantitative estimate of drug-likeness (QED) is 0.791. The number of likely N-dealkylation sites (tertiary alicyclic amines) is 1. The Kier molecular flexibility index (Phi) is 3.86. The van der Waals surface area contributed by atoms with Crippen molar-refractivity contribution in [2.75, 3.05) is 6.54 Å². The predicted molar refractivity (Wildman–Crippen MR) is 90.5 cm³/mol. The molecule has 7 heteroatoms. The van der Waals surface area contributed by atoms with Crippen molar-refractivity contribution in [3.05, 3.63) is 53.1 Å². The Balaban J connectivity index is 1.62. The first kappa shape index (κ1) is 15.0. The predicted octanol–water partition coefficient (Wildman–Crippen LogP) is 1.74. The molecule has 3 aromatic rings. The van der Waals surface area contributed by atoms with Gasteiger partial charge in [0.25, 0.3) is 5.56 Å². The topological polar surface area (TPSA) is 79.7 Å². The Labute approximate surface area is 139 Å². The van der Waals surface area contributed by atoms with E-state index in [0.29, 0.717) is 11.4 Å². The molecule has 0 amide bonds. The van der Waals surface area contributed by atoms with E-state index in [9.17, 15) is 4.79 Å². The molecule has 0 bridgehead atoms. The van der Waals surface area contributed by atoms with Crippen LogP contribution in [0.15, 0.2) is 41.7 Å². The molecule has 2 aromatic heterocycles. The molecule has 0 unspecified atom stereocenters. The summed E-state index contributed by atoms with van der Waals surface area (Å²) in [6.07, 6.45) is 5.56. The molecule has 0 spiro atoms. The number of benzene rings is 1. The number of para-hydroxylation sites is 1. The van der Waals surface area contributed by atoms with Gasteiger partial charge >= 0.3 is 0 Å². The summed E-state index contributed by atoms with van der Waals surface area (Å²) in [5, 5.41) is 4.84. The van der Waals surface area contributed by atoms with Crippen molar-refractivity contribution in [2.45, 2.75) is 38.4 Å². The molecule has 0 aliphatic carbocycles. The molecule has 7 nitrogen and oxygen atoms in total. The van der Waals surface area contributed by atoms with Crippen molar-refractivity contribution in [2.24, 2.45) is 0 Å². The first-order valence-corrected chi connectivity index (χ1v) is 8.29. The van der Waals surface area contributed by atoms with Gasteiger partial charge in [-0.25, -0.2) is 9.97 Å². The Morgan fingerprint density at radius 1 is 1.38 bits per heavy atom. The summed E-state index contributed by atoms with van der Waals surface area (Å²) in [5.41, 5.74) is 0.671. The lowest BCUT2D eigenvalue weighted by Gasteiger charge is -2.29. The third-order valence-corrected chi connectivity index (χ3v) is 4.81. The van der Waals surface area contributed by atoms with Crippen LogP contribution in [-0.2, 0) is 6.54 Å². The van der Waals surface area contributed by atoms with Crippen LogP contribution in [0.2, 0.25) is 0 Å². The Bertz CT molecular complexity index is 887. The van der Waals surface area contributed by atoms with Crippen LogP contribution in [0.5, 0.6) is 0 Å². The lowest BCUT2D eigenvalue weighted by molar-refractivity contribution is 0.167. The molecular weight excluding hydrogens is 304 g/mol. The zero-order chi connectivity index (χ0) is 16.5. The highest BCUT2D eigenvalue weighted by atomic mass is 16.1. The summed E-state index contributed by atoms with van der Waals surface area (Å²) in [6.45, 7) is 3.91. The minimum absolute atomic E-state index is 0.0540. The molecule has 0 saturated carbocycles. The van der Waals surface area contributed by atoms with Gasteiger partial charge in [-0.1, -0.05) is 12.1 Å². The van der Waals surface area contributed by atoms with Gasteiger partial charge < -0.3 is 4.98 Å². The summed E-state index contributed by atoms with van der Waals surface area (Å²) < 4.78 is 1.87. The Morgan fingerprint density at radius 3 is 3.08 bits per heavy atom. The van der Waals surface area contributed by atoms with E-state index in [1.165, 1.54) is 0 Å². The summed E-state index contributed by atoms with van der Waals surface area (Å²) >= 11 is 0. The van der Waals surface area contributed by atoms with Crippen LogP contribution in [0, 0.1) is 0 Å². The third kappa shape index (κ3) is 2.71. The van der Waals surface area contributed by atoms with Gasteiger partial charge in [-0.15, -0.1) is 0 Å². The zero-order valence-corrected chi connectivity index (χ0v) is 13.6. The average Bonchev–Trinajstić information content (AvgIpc) is 3.26. The van der Waals surface area contributed by atoms with Gasteiger partial charge in [0.15, 0.2) is 0 Å². The first-order valence-electron chi connectivity index (χ1n) is 8.29. The van der Waals surface area contributed by atoms with Crippen LogP contribution in [0.3, 0.4) is 0 Å². The molecule has 1 aliphatic rings. The SMILES string of the molecule is C[C@H](c1nc2ccccc2c(=O)[nH]1)N1CCC[C@H]1Cn1cncn1. The van der Waals surface area contributed by atoms with Crippen molar-refractivity contribution >= 4 is 10.9 Å². The Morgan fingerprint density at radius 2 is 2.25 bits per heavy atom. The molecule has 3 heterocycles.